The van der Waals surface area contributed by atoms with Crippen LogP contribution in [0.1, 0.15) is 50.2 Å². The lowest BCUT2D eigenvalue weighted by Crippen LogP contribution is -2.52. The molecule has 190 valence electrons. The van der Waals surface area contributed by atoms with E-state index in [9.17, 15) is 18.0 Å². The number of amides is 2. The van der Waals surface area contributed by atoms with Gasteiger partial charge in [0, 0.05) is 17.6 Å². The largest absolute Gasteiger partial charge is 0.352 e. The minimum atomic E-state index is -3.75. The summed E-state index contributed by atoms with van der Waals surface area (Å²) >= 11 is 6.15. The number of sulfonamides is 1. The number of nitrogens with one attached hydrogen (secondary N) is 1. The third-order valence-electron chi connectivity index (χ3n) is 6.33. The highest BCUT2D eigenvalue weighted by Crippen LogP contribution is 2.22. The van der Waals surface area contributed by atoms with Gasteiger partial charge in [0.25, 0.3) is 0 Å². The third-order valence-corrected chi connectivity index (χ3v) is 7.71. The lowest BCUT2D eigenvalue weighted by atomic mass is 9.95. The molecular formula is C26H34ClN3O4S. The quantitative estimate of drug-likeness (QED) is 0.535. The molecule has 1 aliphatic carbocycles. The van der Waals surface area contributed by atoms with Crippen LogP contribution in [0.2, 0.25) is 5.02 Å². The number of anilines is 1. The summed E-state index contributed by atoms with van der Waals surface area (Å²) in [6, 6.07) is 13.4. The predicted octanol–water partition coefficient (Wildman–Crippen LogP) is 4.28. The average Bonchev–Trinajstić information content (AvgIpc) is 2.80. The third kappa shape index (κ3) is 7.70. The fourth-order valence-corrected chi connectivity index (χ4v) is 5.43. The van der Waals surface area contributed by atoms with Crippen molar-refractivity contribution in [1.29, 1.82) is 0 Å². The second-order valence-electron chi connectivity index (χ2n) is 9.28. The van der Waals surface area contributed by atoms with Gasteiger partial charge in [0.15, 0.2) is 0 Å². The highest BCUT2D eigenvalue weighted by Gasteiger charge is 2.31. The maximum atomic E-state index is 13.6. The summed E-state index contributed by atoms with van der Waals surface area (Å²) in [6.07, 6.45) is 6.24. The number of hydrogen-bond acceptors (Lipinski definition) is 4. The van der Waals surface area contributed by atoms with Crippen molar-refractivity contribution in [1.82, 2.24) is 10.2 Å². The van der Waals surface area contributed by atoms with Crippen LogP contribution < -0.4 is 9.62 Å². The SMILES string of the molecule is Cc1cccc(N(CC(=O)N(Cc2cccc(Cl)c2)C(C)C(=O)NC2CCCCC2)S(C)(=O)=O)c1. The molecule has 2 amide bonds. The number of hydrogen-bond donors (Lipinski definition) is 1. The maximum absolute atomic E-state index is 13.6. The van der Waals surface area contributed by atoms with E-state index in [1.165, 1.54) is 11.3 Å². The molecule has 1 atom stereocenters. The summed E-state index contributed by atoms with van der Waals surface area (Å²) in [5.41, 5.74) is 2.03. The van der Waals surface area contributed by atoms with Gasteiger partial charge in [-0.15, -0.1) is 0 Å². The van der Waals surface area contributed by atoms with E-state index >= 15 is 0 Å². The van der Waals surface area contributed by atoms with Crippen molar-refractivity contribution in [2.24, 2.45) is 0 Å². The van der Waals surface area contributed by atoms with Gasteiger partial charge in [-0.25, -0.2) is 8.42 Å². The predicted molar refractivity (Wildman–Crippen MR) is 140 cm³/mol. The highest BCUT2D eigenvalue weighted by molar-refractivity contribution is 7.92. The van der Waals surface area contributed by atoms with Gasteiger partial charge < -0.3 is 10.2 Å². The Morgan fingerprint density at radius 1 is 1.09 bits per heavy atom. The van der Waals surface area contributed by atoms with Crippen molar-refractivity contribution < 1.29 is 18.0 Å². The molecule has 9 heteroatoms. The van der Waals surface area contributed by atoms with Crippen molar-refractivity contribution in [2.45, 2.75) is 64.6 Å². The Balaban J connectivity index is 1.87. The number of rotatable bonds is 9. The topological polar surface area (TPSA) is 86.8 Å². The summed E-state index contributed by atoms with van der Waals surface area (Å²) in [7, 11) is -3.75. The first-order valence-electron chi connectivity index (χ1n) is 11.9. The van der Waals surface area contributed by atoms with Crippen LogP contribution in [0.3, 0.4) is 0 Å². The maximum Gasteiger partial charge on any atom is 0.244 e. The molecule has 0 spiro atoms. The van der Waals surface area contributed by atoms with E-state index < -0.39 is 28.5 Å². The summed E-state index contributed by atoms with van der Waals surface area (Å²) in [5.74, 6) is -0.711. The molecule has 1 fully saturated rings. The van der Waals surface area contributed by atoms with Crippen LogP contribution in [0.25, 0.3) is 0 Å². The monoisotopic (exact) mass is 519 g/mol. The zero-order chi connectivity index (χ0) is 25.6. The van der Waals surface area contributed by atoms with Crippen molar-refractivity contribution in [3.05, 3.63) is 64.7 Å². The second kappa shape index (κ2) is 11.9. The van der Waals surface area contributed by atoms with E-state index in [-0.39, 0.29) is 18.5 Å². The van der Waals surface area contributed by atoms with Crippen molar-refractivity contribution >= 4 is 39.1 Å². The first kappa shape index (κ1) is 27.0. The van der Waals surface area contributed by atoms with E-state index in [2.05, 4.69) is 5.32 Å². The fraction of sp³-hybridized carbons (Fsp3) is 0.462. The van der Waals surface area contributed by atoms with Crippen molar-refractivity contribution in [3.8, 4) is 0 Å². The molecule has 3 rings (SSSR count). The van der Waals surface area contributed by atoms with Gasteiger partial charge in [-0.2, -0.15) is 0 Å². The Morgan fingerprint density at radius 2 is 1.77 bits per heavy atom. The van der Waals surface area contributed by atoms with Crippen LogP contribution >= 0.6 is 11.6 Å². The number of nitrogens with zero attached hydrogens (tertiary/aromatic N) is 2. The molecule has 7 nitrogen and oxygen atoms in total. The molecular weight excluding hydrogens is 486 g/mol. The zero-order valence-electron chi connectivity index (χ0n) is 20.5. The van der Waals surface area contributed by atoms with E-state index in [0.717, 1.165) is 47.4 Å². The van der Waals surface area contributed by atoms with Crippen LogP contribution in [-0.4, -0.2) is 50.0 Å². The molecule has 0 radical (unpaired) electrons. The molecule has 0 bridgehead atoms. The molecule has 1 unspecified atom stereocenters. The summed E-state index contributed by atoms with van der Waals surface area (Å²) in [5, 5.41) is 3.60. The normalized spacial score (nSPS) is 15.3. The Kier molecular flexibility index (Phi) is 9.19. The number of halogens is 1. The van der Waals surface area contributed by atoms with Gasteiger partial charge in [-0.3, -0.25) is 13.9 Å². The number of carbonyl (C=O) groups excluding carboxylic acids is 2. The van der Waals surface area contributed by atoms with Crippen LogP contribution in [0, 0.1) is 6.92 Å². The standard InChI is InChI=1S/C26H34ClN3O4S/c1-19-9-7-14-24(15-19)30(35(3,33)34)18-25(31)29(17-21-10-8-11-22(27)16-21)20(2)26(32)28-23-12-5-4-6-13-23/h7-11,14-16,20,23H,4-6,12-13,17-18H2,1-3H3,(H,28,32). The first-order valence-corrected chi connectivity index (χ1v) is 14.2. The van der Waals surface area contributed by atoms with Gasteiger partial charge in [0.2, 0.25) is 21.8 Å². The lowest BCUT2D eigenvalue weighted by Gasteiger charge is -2.33. The first-order chi connectivity index (χ1) is 16.5. The molecule has 0 saturated heterocycles. The minimum Gasteiger partial charge on any atom is -0.352 e. The minimum absolute atomic E-state index is 0.0987. The van der Waals surface area contributed by atoms with Gasteiger partial charge in [0.05, 0.1) is 11.9 Å². The molecule has 35 heavy (non-hydrogen) atoms. The molecule has 1 aliphatic rings. The van der Waals surface area contributed by atoms with Gasteiger partial charge in [0.1, 0.15) is 12.6 Å². The Morgan fingerprint density at radius 3 is 2.40 bits per heavy atom. The molecule has 1 N–H and O–H groups in total. The fourth-order valence-electron chi connectivity index (χ4n) is 4.38. The van der Waals surface area contributed by atoms with Crippen molar-refractivity contribution in [2.75, 3.05) is 17.1 Å². The Hall–Kier alpha value is -2.58. The van der Waals surface area contributed by atoms with E-state index in [1.54, 1.807) is 43.3 Å². The molecule has 0 aromatic heterocycles. The Bertz CT molecular complexity index is 1150. The van der Waals surface area contributed by atoms with Crippen molar-refractivity contribution in [3.63, 3.8) is 0 Å². The zero-order valence-corrected chi connectivity index (χ0v) is 22.1. The molecule has 0 aliphatic heterocycles. The number of benzene rings is 2. The van der Waals surface area contributed by atoms with E-state index in [0.29, 0.717) is 10.7 Å². The van der Waals surface area contributed by atoms with Crippen LogP contribution in [0.15, 0.2) is 48.5 Å². The summed E-state index contributed by atoms with van der Waals surface area (Å²) in [4.78, 5) is 28.2. The van der Waals surface area contributed by atoms with E-state index in [1.807, 2.05) is 19.1 Å². The summed E-state index contributed by atoms with van der Waals surface area (Å²) in [6.45, 7) is 3.25. The second-order valence-corrected chi connectivity index (χ2v) is 11.6. The molecule has 1 saturated carbocycles. The molecule has 2 aromatic carbocycles. The number of aryl methyl sites for hydroxylation is 1. The Labute approximate surface area is 213 Å². The smallest absolute Gasteiger partial charge is 0.244 e. The summed E-state index contributed by atoms with van der Waals surface area (Å²) < 4.78 is 26.3. The average molecular weight is 520 g/mol. The van der Waals surface area contributed by atoms with Crippen LogP contribution in [0.4, 0.5) is 5.69 Å². The van der Waals surface area contributed by atoms with E-state index in [4.69, 9.17) is 11.6 Å². The molecule has 0 heterocycles. The highest BCUT2D eigenvalue weighted by atomic mass is 35.5. The lowest BCUT2D eigenvalue weighted by molar-refractivity contribution is -0.139. The van der Waals surface area contributed by atoms with Gasteiger partial charge >= 0.3 is 0 Å². The van der Waals surface area contributed by atoms with Crippen LogP contribution in [-0.2, 0) is 26.2 Å². The molecule has 2 aromatic rings. The van der Waals surface area contributed by atoms with Crippen LogP contribution in [0.5, 0.6) is 0 Å². The number of carbonyl (C=O) groups is 2. The van der Waals surface area contributed by atoms with Gasteiger partial charge in [-0.1, -0.05) is 55.1 Å². The van der Waals surface area contributed by atoms with Gasteiger partial charge in [-0.05, 0) is 62.1 Å².